The van der Waals surface area contributed by atoms with Crippen LogP contribution in [0.5, 0.6) is 11.5 Å². The molecule has 0 fully saturated rings. The topological polar surface area (TPSA) is 67.4 Å². The lowest BCUT2D eigenvalue weighted by Crippen LogP contribution is -2.32. The molecule has 0 radical (unpaired) electrons. The summed E-state index contributed by atoms with van der Waals surface area (Å²) in [5, 5.41) is 4.72. The van der Waals surface area contributed by atoms with Crippen molar-refractivity contribution in [1.82, 2.24) is 5.32 Å². The first-order valence-electron chi connectivity index (χ1n) is 7.91. The van der Waals surface area contributed by atoms with Crippen LogP contribution in [0.2, 0.25) is 0 Å². The van der Waals surface area contributed by atoms with Gasteiger partial charge in [-0.15, -0.1) is 0 Å². The van der Waals surface area contributed by atoms with E-state index >= 15 is 0 Å². The average Bonchev–Trinajstić information content (AvgIpc) is 2.61. The summed E-state index contributed by atoms with van der Waals surface area (Å²) in [6.45, 7) is 1.34. The van der Waals surface area contributed by atoms with Crippen LogP contribution in [-0.4, -0.2) is 18.4 Å². The van der Waals surface area contributed by atoms with Crippen LogP contribution in [0, 0.1) is 5.82 Å². The number of amides is 2. The predicted molar refractivity (Wildman–Crippen MR) is 89.8 cm³/mol. The normalized spacial score (nSPS) is 11.0. The number of anilines is 1. The number of carbonyl (C=O) groups excluding carboxylic acids is 2. The minimum absolute atomic E-state index is 0.0692. The molecule has 2 amide bonds. The van der Waals surface area contributed by atoms with Gasteiger partial charge in [0.15, 0.2) is 11.6 Å². The van der Waals surface area contributed by atoms with Gasteiger partial charge in [0, 0.05) is 18.2 Å². The molecule has 2 aromatic carbocycles. The average molecular weight is 384 g/mol. The van der Waals surface area contributed by atoms with Gasteiger partial charge in [0.25, 0.3) is 0 Å². The van der Waals surface area contributed by atoms with Crippen molar-refractivity contribution >= 4 is 17.5 Å². The van der Waals surface area contributed by atoms with Crippen LogP contribution in [0.15, 0.2) is 42.5 Å². The Kier molecular flexibility index (Phi) is 6.38. The molecular formula is C18H16F4N2O3. The minimum atomic E-state index is -4.65. The summed E-state index contributed by atoms with van der Waals surface area (Å²) in [5.41, 5.74) is -0.965. The number of alkyl halides is 3. The fourth-order valence-electron chi connectivity index (χ4n) is 2.08. The Labute approximate surface area is 152 Å². The molecule has 0 saturated carbocycles. The Morgan fingerprint density at radius 2 is 1.74 bits per heavy atom. The summed E-state index contributed by atoms with van der Waals surface area (Å²) in [7, 11) is 0. The van der Waals surface area contributed by atoms with Crippen LogP contribution < -0.4 is 15.4 Å². The molecule has 0 bridgehead atoms. The lowest BCUT2D eigenvalue weighted by Gasteiger charge is -2.14. The molecule has 2 aromatic rings. The summed E-state index contributed by atoms with van der Waals surface area (Å²) < 4.78 is 58.1. The van der Waals surface area contributed by atoms with Gasteiger partial charge in [0.05, 0.1) is 12.1 Å². The molecule has 2 rings (SSSR count). The molecule has 144 valence electrons. The van der Waals surface area contributed by atoms with Gasteiger partial charge in [-0.3, -0.25) is 9.59 Å². The monoisotopic (exact) mass is 384 g/mol. The van der Waals surface area contributed by atoms with E-state index in [2.05, 4.69) is 10.6 Å². The number of carbonyl (C=O) groups is 2. The first-order valence-corrected chi connectivity index (χ1v) is 7.91. The molecule has 0 heterocycles. The van der Waals surface area contributed by atoms with Crippen LogP contribution in [0.1, 0.15) is 18.9 Å². The number of ether oxygens (including phenoxy) is 1. The number of para-hydroxylation sites is 1. The van der Waals surface area contributed by atoms with E-state index in [9.17, 15) is 27.2 Å². The molecule has 0 aromatic heterocycles. The summed E-state index contributed by atoms with van der Waals surface area (Å²) in [6, 6.07) is 7.71. The zero-order valence-electron chi connectivity index (χ0n) is 14.2. The van der Waals surface area contributed by atoms with Crippen molar-refractivity contribution in [2.45, 2.75) is 19.5 Å². The number of hydrogen-bond donors (Lipinski definition) is 2. The second-order valence-corrected chi connectivity index (χ2v) is 5.42. The zero-order valence-corrected chi connectivity index (χ0v) is 14.2. The third-order valence-corrected chi connectivity index (χ3v) is 3.40. The molecule has 0 aliphatic heterocycles. The third kappa shape index (κ3) is 5.70. The smallest absolute Gasteiger partial charge is 0.419 e. The standard InChI is InChI=1S/C18H16F4N2O3/c1-2-16(25)23-10-17(26)24-11-7-8-15(13(19)9-11)27-14-6-4-3-5-12(14)18(20,21)22/h3-9H,2,10H2,1H3,(H,23,25)(H,24,26). The van der Waals surface area contributed by atoms with Gasteiger partial charge < -0.3 is 15.4 Å². The second kappa shape index (κ2) is 8.52. The van der Waals surface area contributed by atoms with E-state index < -0.39 is 35.0 Å². The van der Waals surface area contributed by atoms with Crippen LogP contribution in [0.25, 0.3) is 0 Å². The molecule has 27 heavy (non-hydrogen) atoms. The van der Waals surface area contributed by atoms with Crippen molar-refractivity contribution in [2.24, 2.45) is 0 Å². The van der Waals surface area contributed by atoms with Gasteiger partial charge in [0.1, 0.15) is 5.75 Å². The molecule has 0 spiro atoms. The molecule has 9 heteroatoms. The molecular weight excluding hydrogens is 368 g/mol. The Morgan fingerprint density at radius 1 is 1.04 bits per heavy atom. The highest BCUT2D eigenvalue weighted by atomic mass is 19.4. The van der Waals surface area contributed by atoms with Gasteiger partial charge in [0.2, 0.25) is 11.8 Å². The summed E-state index contributed by atoms with van der Waals surface area (Å²) in [4.78, 5) is 22.8. The first kappa shape index (κ1) is 20.2. The molecule has 0 unspecified atom stereocenters. The van der Waals surface area contributed by atoms with Crippen molar-refractivity contribution < 1.29 is 31.9 Å². The van der Waals surface area contributed by atoms with Crippen molar-refractivity contribution in [3.8, 4) is 11.5 Å². The van der Waals surface area contributed by atoms with Crippen LogP contribution in [0.3, 0.4) is 0 Å². The highest BCUT2D eigenvalue weighted by molar-refractivity contribution is 5.94. The molecule has 5 nitrogen and oxygen atoms in total. The summed E-state index contributed by atoms with van der Waals surface area (Å²) >= 11 is 0. The molecule has 0 saturated heterocycles. The maximum atomic E-state index is 14.2. The van der Waals surface area contributed by atoms with Crippen molar-refractivity contribution in [3.05, 3.63) is 53.8 Å². The number of hydrogen-bond acceptors (Lipinski definition) is 3. The maximum Gasteiger partial charge on any atom is 0.419 e. The van der Waals surface area contributed by atoms with E-state index in [1.807, 2.05) is 0 Å². The lowest BCUT2D eigenvalue weighted by atomic mass is 10.2. The van der Waals surface area contributed by atoms with Gasteiger partial charge in [-0.1, -0.05) is 19.1 Å². The quantitative estimate of drug-likeness (QED) is 0.737. The predicted octanol–water partition coefficient (Wildman–Crippen LogP) is 4.10. The maximum absolute atomic E-state index is 14.2. The summed E-state index contributed by atoms with van der Waals surface area (Å²) in [6.07, 6.45) is -4.43. The Hall–Kier alpha value is -3.10. The van der Waals surface area contributed by atoms with E-state index in [0.29, 0.717) is 0 Å². The Balaban J connectivity index is 2.10. The molecule has 0 aliphatic rings. The third-order valence-electron chi connectivity index (χ3n) is 3.40. The fraction of sp³-hybridized carbons (Fsp3) is 0.222. The van der Waals surface area contributed by atoms with Crippen molar-refractivity contribution in [3.63, 3.8) is 0 Å². The second-order valence-electron chi connectivity index (χ2n) is 5.42. The SMILES string of the molecule is CCC(=O)NCC(=O)Nc1ccc(Oc2ccccc2C(F)(F)F)c(F)c1. The minimum Gasteiger partial charge on any atom is -0.454 e. The van der Waals surface area contributed by atoms with Crippen molar-refractivity contribution in [2.75, 3.05) is 11.9 Å². The van der Waals surface area contributed by atoms with E-state index in [-0.39, 0.29) is 24.6 Å². The highest BCUT2D eigenvalue weighted by Crippen LogP contribution is 2.38. The molecule has 0 aliphatic carbocycles. The van der Waals surface area contributed by atoms with E-state index in [1.54, 1.807) is 6.92 Å². The lowest BCUT2D eigenvalue weighted by molar-refractivity contribution is -0.138. The zero-order chi connectivity index (χ0) is 20.0. The Morgan fingerprint density at radius 3 is 2.37 bits per heavy atom. The number of nitrogens with one attached hydrogen (secondary N) is 2. The molecule has 0 atom stereocenters. The number of halogens is 4. The van der Waals surface area contributed by atoms with E-state index in [0.717, 1.165) is 24.3 Å². The van der Waals surface area contributed by atoms with Gasteiger partial charge in [-0.25, -0.2) is 4.39 Å². The van der Waals surface area contributed by atoms with E-state index in [1.165, 1.54) is 18.2 Å². The van der Waals surface area contributed by atoms with Crippen LogP contribution in [-0.2, 0) is 15.8 Å². The van der Waals surface area contributed by atoms with E-state index in [4.69, 9.17) is 4.74 Å². The fourth-order valence-corrected chi connectivity index (χ4v) is 2.08. The Bertz CT molecular complexity index is 838. The number of benzene rings is 2. The van der Waals surface area contributed by atoms with Crippen molar-refractivity contribution in [1.29, 1.82) is 0 Å². The highest BCUT2D eigenvalue weighted by Gasteiger charge is 2.34. The van der Waals surface area contributed by atoms with Gasteiger partial charge in [-0.2, -0.15) is 13.2 Å². The largest absolute Gasteiger partial charge is 0.454 e. The number of rotatable bonds is 6. The van der Waals surface area contributed by atoms with Crippen LogP contribution >= 0.6 is 0 Å². The first-order chi connectivity index (χ1) is 12.7. The van der Waals surface area contributed by atoms with Crippen LogP contribution in [0.4, 0.5) is 23.2 Å². The van der Waals surface area contributed by atoms with Gasteiger partial charge in [-0.05, 0) is 24.3 Å². The molecule has 2 N–H and O–H groups in total. The van der Waals surface area contributed by atoms with Gasteiger partial charge >= 0.3 is 6.18 Å². The summed E-state index contributed by atoms with van der Waals surface area (Å²) in [5.74, 6) is -2.81.